The van der Waals surface area contributed by atoms with Gasteiger partial charge in [0.1, 0.15) is 0 Å². The number of carbonyl (C=O) groups is 2. The van der Waals surface area contributed by atoms with E-state index >= 15 is 0 Å². The van der Waals surface area contributed by atoms with Crippen molar-refractivity contribution in [3.05, 3.63) is 87.9 Å². The van der Waals surface area contributed by atoms with E-state index in [1.54, 1.807) is 18.2 Å². The lowest BCUT2D eigenvalue weighted by Gasteiger charge is -2.11. The fraction of sp³-hybridized carbons (Fsp3) is 0. The van der Waals surface area contributed by atoms with Gasteiger partial charge in [-0.15, -0.1) is 0 Å². The lowest BCUT2D eigenvalue weighted by molar-refractivity contribution is 0.0698. The fourth-order valence-electron chi connectivity index (χ4n) is 2.55. The van der Waals surface area contributed by atoms with Crippen molar-refractivity contribution in [2.45, 2.75) is 4.90 Å². The Bertz CT molecular complexity index is 1230. The molecule has 0 aliphatic rings. The first-order valence-electron chi connectivity index (χ1n) is 8.38. The molecule has 0 unspecified atom stereocenters. The zero-order valence-corrected chi connectivity index (χ0v) is 17.4. The Morgan fingerprint density at radius 3 is 2.17 bits per heavy atom. The average molecular weight is 465 g/mol. The molecule has 0 atom stereocenters. The van der Waals surface area contributed by atoms with Gasteiger partial charge in [0.15, 0.2) is 0 Å². The number of aromatic carboxylic acids is 1. The van der Waals surface area contributed by atoms with Crippen LogP contribution in [-0.4, -0.2) is 25.4 Å². The Morgan fingerprint density at radius 2 is 1.53 bits per heavy atom. The van der Waals surface area contributed by atoms with Crippen molar-refractivity contribution in [2.24, 2.45) is 0 Å². The molecular weight excluding hydrogens is 451 g/mol. The predicted molar refractivity (Wildman–Crippen MR) is 115 cm³/mol. The van der Waals surface area contributed by atoms with E-state index in [0.29, 0.717) is 10.7 Å². The van der Waals surface area contributed by atoms with Crippen LogP contribution in [0.15, 0.2) is 71.6 Å². The van der Waals surface area contributed by atoms with Crippen LogP contribution in [0.1, 0.15) is 20.7 Å². The van der Waals surface area contributed by atoms with E-state index in [1.165, 1.54) is 48.5 Å². The van der Waals surface area contributed by atoms with Crippen molar-refractivity contribution in [1.29, 1.82) is 0 Å². The molecule has 3 rings (SSSR count). The number of anilines is 2. The Morgan fingerprint density at radius 1 is 0.867 bits per heavy atom. The van der Waals surface area contributed by atoms with Gasteiger partial charge in [0, 0.05) is 15.6 Å². The van der Waals surface area contributed by atoms with E-state index in [4.69, 9.17) is 23.2 Å². The molecule has 0 aromatic heterocycles. The van der Waals surface area contributed by atoms with Crippen molar-refractivity contribution in [1.82, 2.24) is 0 Å². The van der Waals surface area contributed by atoms with Crippen LogP contribution in [0.2, 0.25) is 10.0 Å². The largest absolute Gasteiger partial charge is 0.478 e. The minimum Gasteiger partial charge on any atom is -0.478 e. The summed E-state index contributed by atoms with van der Waals surface area (Å²) in [6.07, 6.45) is 0. The smallest absolute Gasteiger partial charge is 0.337 e. The molecule has 154 valence electrons. The number of amides is 1. The van der Waals surface area contributed by atoms with Crippen LogP contribution >= 0.6 is 23.2 Å². The summed E-state index contributed by atoms with van der Waals surface area (Å²) in [5.74, 6) is -1.85. The fourth-order valence-corrected chi connectivity index (χ4v) is 3.96. The summed E-state index contributed by atoms with van der Waals surface area (Å²) in [4.78, 5) is 23.7. The third-order valence-corrected chi connectivity index (χ3v) is 5.83. The summed E-state index contributed by atoms with van der Waals surface area (Å²) in [6.45, 7) is 0. The van der Waals surface area contributed by atoms with E-state index in [-0.39, 0.29) is 26.7 Å². The van der Waals surface area contributed by atoms with E-state index in [1.807, 2.05) is 0 Å². The zero-order chi connectivity index (χ0) is 21.9. The number of hydrogen-bond donors (Lipinski definition) is 3. The average Bonchev–Trinajstić information content (AvgIpc) is 2.69. The summed E-state index contributed by atoms with van der Waals surface area (Å²) in [7, 11) is -3.89. The van der Waals surface area contributed by atoms with Crippen LogP contribution < -0.4 is 10.0 Å². The molecule has 0 heterocycles. The van der Waals surface area contributed by atoms with Gasteiger partial charge in [0.2, 0.25) is 0 Å². The van der Waals surface area contributed by atoms with E-state index in [0.717, 1.165) is 0 Å². The molecule has 30 heavy (non-hydrogen) atoms. The lowest BCUT2D eigenvalue weighted by atomic mass is 10.1. The SMILES string of the molecule is O=C(Nc1ccc(Cl)cc1C(=O)O)c1ccc(S(=O)(=O)Nc2cccc(Cl)c2)cc1. The number of carbonyl (C=O) groups excluding carboxylic acids is 1. The van der Waals surface area contributed by atoms with Gasteiger partial charge in [-0.1, -0.05) is 29.3 Å². The molecule has 7 nitrogen and oxygen atoms in total. The van der Waals surface area contributed by atoms with Crippen molar-refractivity contribution in [2.75, 3.05) is 10.0 Å². The molecule has 0 aliphatic heterocycles. The molecule has 0 saturated heterocycles. The van der Waals surface area contributed by atoms with Crippen LogP contribution in [0.5, 0.6) is 0 Å². The maximum Gasteiger partial charge on any atom is 0.337 e. The highest BCUT2D eigenvalue weighted by Crippen LogP contribution is 2.23. The first-order valence-corrected chi connectivity index (χ1v) is 10.6. The standard InChI is InChI=1S/C20H14Cl2N2O5S/c21-13-2-1-3-15(10-13)24-30(28,29)16-7-4-12(5-8-16)19(25)23-18-9-6-14(22)11-17(18)20(26)27/h1-11,24H,(H,23,25)(H,26,27). The molecule has 0 radical (unpaired) electrons. The molecule has 3 aromatic carbocycles. The van der Waals surface area contributed by atoms with E-state index in [2.05, 4.69) is 10.0 Å². The molecule has 10 heteroatoms. The van der Waals surface area contributed by atoms with Crippen LogP contribution in [0, 0.1) is 0 Å². The Balaban J connectivity index is 1.78. The number of carboxylic acid groups (broad SMARTS) is 1. The van der Waals surface area contributed by atoms with Gasteiger partial charge in [-0.2, -0.15) is 0 Å². The Labute approximate surface area is 182 Å². The van der Waals surface area contributed by atoms with Gasteiger partial charge in [0.05, 0.1) is 21.8 Å². The molecule has 3 N–H and O–H groups in total. The lowest BCUT2D eigenvalue weighted by Crippen LogP contribution is -2.16. The summed E-state index contributed by atoms with van der Waals surface area (Å²) < 4.78 is 27.4. The van der Waals surface area contributed by atoms with Gasteiger partial charge in [0.25, 0.3) is 15.9 Å². The van der Waals surface area contributed by atoms with Gasteiger partial charge in [-0.3, -0.25) is 9.52 Å². The summed E-state index contributed by atoms with van der Waals surface area (Å²) >= 11 is 11.7. The van der Waals surface area contributed by atoms with Gasteiger partial charge in [-0.25, -0.2) is 13.2 Å². The highest BCUT2D eigenvalue weighted by Gasteiger charge is 2.17. The number of sulfonamides is 1. The summed E-state index contributed by atoms with van der Waals surface area (Å²) in [5, 5.41) is 12.3. The molecule has 0 aliphatic carbocycles. The number of hydrogen-bond acceptors (Lipinski definition) is 4. The topological polar surface area (TPSA) is 113 Å². The number of halogens is 2. The molecule has 3 aromatic rings. The molecular formula is C20H14Cl2N2O5S. The molecule has 0 fully saturated rings. The second kappa shape index (κ2) is 8.74. The predicted octanol–water partition coefficient (Wildman–Crippen LogP) is 4.74. The van der Waals surface area contributed by atoms with Crippen molar-refractivity contribution < 1.29 is 23.1 Å². The van der Waals surface area contributed by atoms with Gasteiger partial charge in [-0.05, 0) is 60.7 Å². The van der Waals surface area contributed by atoms with E-state index < -0.39 is 21.9 Å². The third-order valence-electron chi connectivity index (χ3n) is 3.96. The van der Waals surface area contributed by atoms with Crippen LogP contribution in [0.4, 0.5) is 11.4 Å². The molecule has 0 bridgehead atoms. The Kier molecular flexibility index (Phi) is 6.31. The van der Waals surface area contributed by atoms with Crippen LogP contribution in [0.3, 0.4) is 0 Å². The normalized spacial score (nSPS) is 11.0. The number of carboxylic acids is 1. The number of nitrogens with one attached hydrogen (secondary N) is 2. The third kappa shape index (κ3) is 5.10. The second-order valence-electron chi connectivity index (χ2n) is 6.09. The van der Waals surface area contributed by atoms with Crippen molar-refractivity contribution in [3.63, 3.8) is 0 Å². The number of rotatable bonds is 6. The van der Waals surface area contributed by atoms with Gasteiger partial charge >= 0.3 is 5.97 Å². The summed E-state index contributed by atoms with van der Waals surface area (Å²) in [6, 6.07) is 15.4. The molecule has 0 spiro atoms. The van der Waals surface area contributed by atoms with Crippen LogP contribution in [0.25, 0.3) is 0 Å². The quantitative estimate of drug-likeness (QED) is 0.487. The van der Waals surface area contributed by atoms with Crippen LogP contribution in [-0.2, 0) is 10.0 Å². The minimum absolute atomic E-state index is 0.0586. The second-order valence-corrected chi connectivity index (χ2v) is 8.64. The molecule has 1 amide bonds. The highest BCUT2D eigenvalue weighted by molar-refractivity contribution is 7.92. The maximum absolute atomic E-state index is 12.5. The molecule has 0 saturated carbocycles. The first-order chi connectivity index (χ1) is 14.2. The van der Waals surface area contributed by atoms with Gasteiger partial charge < -0.3 is 10.4 Å². The van der Waals surface area contributed by atoms with E-state index in [9.17, 15) is 23.1 Å². The maximum atomic E-state index is 12.5. The summed E-state index contributed by atoms with van der Waals surface area (Å²) in [5.41, 5.74) is 0.341. The monoisotopic (exact) mass is 464 g/mol. The Hall–Kier alpha value is -3.07. The number of benzene rings is 3. The van der Waals surface area contributed by atoms with Crippen molar-refractivity contribution in [3.8, 4) is 0 Å². The minimum atomic E-state index is -3.89. The zero-order valence-electron chi connectivity index (χ0n) is 15.1. The highest BCUT2D eigenvalue weighted by atomic mass is 35.5. The van der Waals surface area contributed by atoms with Crippen molar-refractivity contribution >= 4 is 56.5 Å². The first kappa shape index (κ1) is 21.6.